The van der Waals surface area contributed by atoms with Crippen LogP contribution in [0.1, 0.15) is 63.5 Å². The molecule has 0 bridgehead atoms. The maximum Gasteiger partial charge on any atom is 0.416 e. The number of benzene rings is 3. The average Bonchev–Trinajstić information content (AvgIpc) is 3.39. The normalized spacial score (nSPS) is 13.9. The van der Waals surface area contributed by atoms with Crippen LogP contribution in [0.25, 0.3) is 0 Å². The largest absolute Gasteiger partial charge is 0.416 e. The van der Waals surface area contributed by atoms with Crippen molar-refractivity contribution < 1.29 is 18.0 Å². The van der Waals surface area contributed by atoms with Gasteiger partial charge in [-0.25, -0.2) is 0 Å². The minimum Gasteiger partial charge on any atom is -0.322 e. The fraction of sp³-hybridized carbons (Fsp3) is 0.290. The predicted octanol–water partition coefficient (Wildman–Crippen LogP) is 7.29. The van der Waals surface area contributed by atoms with Gasteiger partial charge in [-0.2, -0.15) is 13.2 Å². The van der Waals surface area contributed by atoms with Crippen LogP contribution in [0.4, 0.5) is 24.5 Å². The van der Waals surface area contributed by atoms with Crippen molar-refractivity contribution in [2.45, 2.75) is 46.3 Å². The van der Waals surface area contributed by atoms with E-state index >= 15 is 0 Å². The van der Waals surface area contributed by atoms with E-state index in [4.69, 9.17) is 0 Å². The molecule has 1 saturated heterocycles. The first kappa shape index (κ1) is 27.2. The molecule has 1 fully saturated rings. The van der Waals surface area contributed by atoms with Crippen molar-refractivity contribution in [3.63, 3.8) is 0 Å². The lowest BCUT2D eigenvalue weighted by atomic mass is 10.0. The lowest BCUT2D eigenvalue weighted by molar-refractivity contribution is -0.138. The number of aliphatic imine (C=N–C) groups is 1. The number of carbonyl (C=O) groups is 1. The number of halogens is 3. The number of rotatable bonds is 5. The molecule has 0 saturated carbocycles. The molecule has 1 heterocycles. The van der Waals surface area contributed by atoms with Crippen LogP contribution in [0.5, 0.6) is 0 Å². The molecule has 1 N–H and O–H groups in total. The van der Waals surface area contributed by atoms with Crippen LogP contribution in [0, 0.1) is 25.7 Å². The Morgan fingerprint density at radius 2 is 1.74 bits per heavy atom. The van der Waals surface area contributed by atoms with E-state index in [1.165, 1.54) is 12.1 Å². The Hall–Kier alpha value is -3.89. The van der Waals surface area contributed by atoms with Crippen molar-refractivity contribution in [3.8, 4) is 11.8 Å². The zero-order valence-corrected chi connectivity index (χ0v) is 21.7. The highest BCUT2D eigenvalue weighted by Gasteiger charge is 2.34. The molecule has 1 amide bonds. The van der Waals surface area contributed by atoms with Crippen molar-refractivity contribution >= 4 is 23.5 Å². The highest BCUT2D eigenvalue weighted by atomic mass is 19.4. The molecule has 1 aliphatic heterocycles. The number of amides is 1. The van der Waals surface area contributed by atoms with Crippen LogP contribution in [-0.4, -0.2) is 30.1 Å². The summed E-state index contributed by atoms with van der Waals surface area (Å²) in [6, 6.07) is 14.9. The molecule has 196 valence electrons. The van der Waals surface area contributed by atoms with Gasteiger partial charge in [-0.05, 0) is 99.8 Å². The Bertz CT molecular complexity index is 1420. The van der Waals surface area contributed by atoms with E-state index in [0.717, 1.165) is 54.4 Å². The number of alkyl halides is 3. The fourth-order valence-electron chi connectivity index (χ4n) is 4.44. The number of nitrogens with zero attached hydrogens (tertiary/aromatic N) is 2. The monoisotopic (exact) mass is 517 g/mol. The Labute approximate surface area is 221 Å². The summed E-state index contributed by atoms with van der Waals surface area (Å²) < 4.78 is 41.5. The van der Waals surface area contributed by atoms with Gasteiger partial charge < -0.3 is 5.32 Å². The van der Waals surface area contributed by atoms with Crippen molar-refractivity contribution in [1.82, 2.24) is 4.90 Å². The summed E-state index contributed by atoms with van der Waals surface area (Å²) in [5.74, 6) is 5.66. The Morgan fingerprint density at radius 1 is 1.00 bits per heavy atom. The molecule has 4 rings (SSSR count). The molecule has 38 heavy (non-hydrogen) atoms. The standard InChI is InChI=1S/C31H30F3N3O/c1-4-35-29-17-23(9-7-22(29)3)10-11-24-18-27(14-8-21(24)2)36-30(38)25-12-13-26(20-37-15-5-6-16-37)28(19-25)31(32,33)34/h4,7-9,12-14,17-19H,5-6,15-16,20H2,1-3H3,(H,36,38). The van der Waals surface area contributed by atoms with Crippen LogP contribution in [0.3, 0.4) is 0 Å². The van der Waals surface area contributed by atoms with Gasteiger partial charge in [0.15, 0.2) is 0 Å². The summed E-state index contributed by atoms with van der Waals surface area (Å²) in [6.45, 7) is 7.55. The van der Waals surface area contributed by atoms with Crippen LogP contribution < -0.4 is 5.32 Å². The summed E-state index contributed by atoms with van der Waals surface area (Å²) in [6.07, 6.45) is -0.834. The lowest BCUT2D eigenvalue weighted by Gasteiger charge is -2.19. The average molecular weight is 518 g/mol. The third-order valence-corrected chi connectivity index (χ3v) is 6.58. The SMILES string of the molecule is CC=Nc1cc(C#Cc2cc(NC(=O)c3ccc(CN4CCCC4)c(C(F)(F)F)c3)ccc2C)ccc1C. The minimum atomic E-state index is -4.55. The summed E-state index contributed by atoms with van der Waals surface area (Å²) in [7, 11) is 0. The number of carbonyl (C=O) groups excluding carboxylic acids is 1. The van der Waals surface area contributed by atoms with Gasteiger partial charge in [-0.15, -0.1) is 0 Å². The van der Waals surface area contributed by atoms with Crippen molar-refractivity contribution in [2.75, 3.05) is 18.4 Å². The van der Waals surface area contributed by atoms with E-state index in [2.05, 4.69) is 22.2 Å². The Balaban J connectivity index is 1.55. The molecule has 0 spiro atoms. The number of anilines is 1. The maximum atomic E-state index is 13.8. The topological polar surface area (TPSA) is 44.7 Å². The molecule has 0 atom stereocenters. The molecule has 4 nitrogen and oxygen atoms in total. The van der Waals surface area contributed by atoms with Crippen LogP contribution in [0.2, 0.25) is 0 Å². The van der Waals surface area contributed by atoms with Crippen molar-refractivity contribution in [1.29, 1.82) is 0 Å². The molecule has 0 radical (unpaired) electrons. The molecule has 0 aliphatic carbocycles. The Morgan fingerprint density at radius 3 is 2.45 bits per heavy atom. The highest BCUT2D eigenvalue weighted by Crippen LogP contribution is 2.34. The van der Waals surface area contributed by atoms with Gasteiger partial charge in [0.05, 0.1) is 11.3 Å². The predicted molar refractivity (Wildman–Crippen MR) is 146 cm³/mol. The van der Waals surface area contributed by atoms with E-state index in [1.54, 1.807) is 18.3 Å². The molecular weight excluding hydrogens is 487 g/mol. The summed E-state index contributed by atoms with van der Waals surface area (Å²) in [5.41, 5.74) is 4.16. The van der Waals surface area contributed by atoms with Crippen LogP contribution >= 0.6 is 0 Å². The molecule has 0 unspecified atom stereocenters. The Kier molecular flexibility index (Phi) is 8.33. The molecule has 3 aromatic rings. The first-order valence-corrected chi connectivity index (χ1v) is 12.6. The van der Waals surface area contributed by atoms with Gasteiger partial charge in [0.1, 0.15) is 0 Å². The molecule has 3 aromatic carbocycles. The van der Waals surface area contributed by atoms with Gasteiger partial charge >= 0.3 is 6.18 Å². The quantitative estimate of drug-likeness (QED) is 0.285. The van der Waals surface area contributed by atoms with Crippen LogP contribution in [-0.2, 0) is 12.7 Å². The zero-order valence-electron chi connectivity index (χ0n) is 21.7. The summed E-state index contributed by atoms with van der Waals surface area (Å²) >= 11 is 0. The second-order valence-corrected chi connectivity index (χ2v) is 9.48. The molecular formula is C31H30F3N3O. The third-order valence-electron chi connectivity index (χ3n) is 6.58. The van der Waals surface area contributed by atoms with Gasteiger partial charge in [0.2, 0.25) is 0 Å². The molecule has 1 aliphatic rings. The van der Waals surface area contributed by atoms with Gasteiger partial charge in [0.25, 0.3) is 5.91 Å². The smallest absolute Gasteiger partial charge is 0.322 e. The zero-order chi connectivity index (χ0) is 27.3. The van der Waals surface area contributed by atoms with E-state index < -0.39 is 17.6 Å². The van der Waals surface area contributed by atoms with Crippen molar-refractivity contribution in [3.05, 3.63) is 93.5 Å². The molecule has 0 aromatic heterocycles. The number of hydrogen-bond acceptors (Lipinski definition) is 3. The summed E-state index contributed by atoms with van der Waals surface area (Å²) in [5, 5.41) is 2.72. The number of nitrogens with one attached hydrogen (secondary N) is 1. The van der Waals surface area contributed by atoms with Crippen molar-refractivity contribution in [2.24, 2.45) is 4.99 Å². The number of hydrogen-bond donors (Lipinski definition) is 1. The maximum absolute atomic E-state index is 13.8. The number of likely N-dealkylation sites (tertiary alicyclic amines) is 1. The van der Waals surface area contributed by atoms with E-state index in [-0.39, 0.29) is 17.7 Å². The highest BCUT2D eigenvalue weighted by molar-refractivity contribution is 6.04. The lowest BCUT2D eigenvalue weighted by Crippen LogP contribution is -2.22. The third kappa shape index (κ3) is 6.70. The van der Waals surface area contributed by atoms with E-state index in [0.29, 0.717) is 11.3 Å². The second-order valence-electron chi connectivity index (χ2n) is 9.48. The van der Waals surface area contributed by atoms with Gasteiger partial charge in [0, 0.05) is 35.1 Å². The second kappa shape index (κ2) is 11.7. The first-order chi connectivity index (χ1) is 18.1. The first-order valence-electron chi connectivity index (χ1n) is 12.6. The van der Waals surface area contributed by atoms with E-state index in [9.17, 15) is 18.0 Å². The van der Waals surface area contributed by atoms with Gasteiger partial charge in [-0.3, -0.25) is 14.7 Å². The minimum absolute atomic E-state index is 0.0423. The van der Waals surface area contributed by atoms with Crippen LogP contribution in [0.15, 0.2) is 59.6 Å². The molecule has 7 heteroatoms. The van der Waals surface area contributed by atoms with Gasteiger partial charge in [-0.1, -0.05) is 30.0 Å². The van der Waals surface area contributed by atoms with E-state index in [1.807, 2.05) is 49.9 Å². The fourth-order valence-corrected chi connectivity index (χ4v) is 4.44. The number of aryl methyl sites for hydroxylation is 2. The summed E-state index contributed by atoms with van der Waals surface area (Å²) in [4.78, 5) is 19.3.